The summed E-state index contributed by atoms with van der Waals surface area (Å²) in [5.74, 6) is 0.279. The largest absolute Gasteiger partial charge is 0.303 e. The Bertz CT molecular complexity index is 861. The second-order valence-electron chi connectivity index (χ2n) is 6.93. The fraction of sp³-hybridized carbons (Fsp3) is 0.444. The molecule has 9 heteroatoms. The van der Waals surface area contributed by atoms with Crippen LogP contribution in [0.3, 0.4) is 0 Å². The first-order valence-electron chi connectivity index (χ1n) is 9.00. The summed E-state index contributed by atoms with van der Waals surface area (Å²) in [7, 11) is 0. The van der Waals surface area contributed by atoms with Gasteiger partial charge in [-0.25, -0.2) is 4.39 Å². The first-order valence-corrected chi connectivity index (χ1v) is 9.88. The summed E-state index contributed by atoms with van der Waals surface area (Å²) in [4.78, 5) is 24.3. The van der Waals surface area contributed by atoms with Crippen molar-refractivity contribution >= 4 is 23.6 Å². The SMILES string of the molecule is C[C@H](Sc1nnc(C2CC2)n1C1CC1)C(=O)NNC(=O)c1ccc(F)cc1. The van der Waals surface area contributed by atoms with E-state index in [1.165, 1.54) is 36.0 Å². The molecule has 4 rings (SSSR count). The van der Waals surface area contributed by atoms with Crippen LogP contribution < -0.4 is 10.9 Å². The van der Waals surface area contributed by atoms with Gasteiger partial charge in [-0.15, -0.1) is 10.2 Å². The summed E-state index contributed by atoms with van der Waals surface area (Å²) < 4.78 is 15.1. The second kappa shape index (κ2) is 7.30. The molecule has 0 bridgehead atoms. The van der Waals surface area contributed by atoms with Crippen LogP contribution in [0, 0.1) is 5.82 Å². The molecule has 0 spiro atoms. The lowest BCUT2D eigenvalue weighted by atomic mass is 10.2. The van der Waals surface area contributed by atoms with Gasteiger partial charge in [0.2, 0.25) is 0 Å². The van der Waals surface area contributed by atoms with Gasteiger partial charge in [0.1, 0.15) is 11.6 Å². The van der Waals surface area contributed by atoms with Gasteiger partial charge in [-0.1, -0.05) is 11.8 Å². The average Bonchev–Trinajstić information content (AvgIpc) is 3.59. The highest BCUT2D eigenvalue weighted by Crippen LogP contribution is 2.46. The Morgan fingerprint density at radius 2 is 1.85 bits per heavy atom. The summed E-state index contributed by atoms with van der Waals surface area (Å²) >= 11 is 1.34. The predicted molar refractivity (Wildman–Crippen MR) is 97.6 cm³/mol. The van der Waals surface area contributed by atoms with Crippen LogP contribution in [0.5, 0.6) is 0 Å². The van der Waals surface area contributed by atoms with Gasteiger partial charge in [0.25, 0.3) is 11.8 Å². The maximum absolute atomic E-state index is 12.9. The molecule has 1 aromatic carbocycles. The van der Waals surface area contributed by atoms with E-state index in [0.29, 0.717) is 12.0 Å². The number of carbonyl (C=O) groups excluding carboxylic acids is 2. The topological polar surface area (TPSA) is 88.9 Å². The number of rotatable bonds is 6. The zero-order valence-electron chi connectivity index (χ0n) is 14.8. The highest BCUT2D eigenvalue weighted by Gasteiger charge is 2.37. The third-order valence-corrected chi connectivity index (χ3v) is 5.66. The van der Waals surface area contributed by atoms with Crippen LogP contribution in [0.25, 0.3) is 0 Å². The van der Waals surface area contributed by atoms with Crippen molar-refractivity contribution in [2.45, 2.75) is 55.0 Å². The minimum Gasteiger partial charge on any atom is -0.303 e. The van der Waals surface area contributed by atoms with E-state index in [1.54, 1.807) is 6.92 Å². The Balaban J connectivity index is 1.34. The van der Waals surface area contributed by atoms with Gasteiger partial charge in [0.05, 0.1) is 5.25 Å². The molecule has 27 heavy (non-hydrogen) atoms. The fourth-order valence-corrected chi connectivity index (χ4v) is 3.70. The van der Waals surface area contributed by atoms with Crippen molar-refractivity contribution in [1.82, 2.24) is 25.6 Å². The molecule has 2 N–H and O–H groups in total. The number of thioether (sulfide) groups is 1. The quantitative estimate of drug-likeness (QED) is 0.586. The minimum atomic E-state index is -0.502. The lowest BCUT2D eigenvalue weighted by Crippen LogP contribution is -2.45. The molecule has 2 aliphatic carbocycles. The van der Waals surface area contributed by atoms with E-state index in [2.05, 4.69) is 25.6 Å². The Morgan fingerprint density at radius 1 is 1.15 bits per heavy atom. The van der Waals surface area contributed by atoms with Crippen LogP contribution >= 0.6 is 11.8 Å². The number of amides is 2. The first-order chi connectivity index (χ1) is 13.0. The third-order valence-electron chi connectivity index (χ3n) is 4.60. The van der Waals surface area contributed by atoms with Crippen LogP contribution in [0.15, 0.2) is 29.4 Å². The average molecular weight is 389 g/mol. The summed E-state index contributed by atoms with van der Waals surface area (Å²) in [6, 6.07) is 5.54. The second-order valence-corrected chi connectivity index (χ2v) is 8.23. The number of hydrogen-bond acceptors (Lipinski definition) is 5. The third kappa shape index (κ3) is 4.13. The van der Waals surface area contributed by atoms with E-state index in [9.17, 15) is 14.0 Å². The minimum absolute atomic E-state index is 0.263. The summed E-state index contributed by atoms with van der Waals surface area (Å²) in [5.41, 5.74) is 5.03. The summed E-state index contributed by atoms with van der Waals surface area (Å²) in [5, 5.41) is 8.92. The van der Waals surface area contributed by atoms with Crippen molar-refractivity contribution < 1.29 is 14.0 Å². The monoisotopic (exact) mass is 389 g/mol. The lowest BCUT2D eigenvalue weighted by molar-refractivity contribution is -0.121. The molecule has 0 radical (unpaired) electrons. The van der Waals surface area contributed by atoms with Crippen molar-refractivity contribution in [1.29, 1.82) is 0 Å². The Labute approximate surface area is 160 Å². The standard InChI is InChI=1S/C18H20FN5O2S/c1-10(16(25)21-22-17(26)12-4-6-13(19)7-5-12)27-18-23-20-15(11-2-3-11)24(18)14-8-9-14/h4-7,10-11,14H,2-3,8-9H2,1H3,(H,21,25)(H,22,26)/t10-/m0/s1. The molecule has 2 aromatic rings. The molecule has 1 heterocycles. The maximum Gasteiger partial charge on any atom is 0.269 e. The Kier molecular flexibility index (Phi) is 4.86. The van der Waals surface area contributed by atoms with E-state index in [0.717, 1.165) is 36.7 Å². The van der Waals surface area contributed by atoms with E-state index in [-0.39, 0.29) is 11.5 Å². The highest BCUT2D eigenvalue weighted by molar-refractivity contribution is 8.00. The fourth-order valence-electron chi connectivity index (χ4n) is 2.77. The van der Waals surface area contributed by atoms with Gasteiger partial charge in [-0.3, -0.25) is 20.4 Å². The molecule has 0 aliphatic heterocycles. The van der Waals surface area contributed by atoms with Crippen molar-refractivity contribution in [3.05, 3.63) is 41.5 Å². The number of nitrogens with one attached hydrogen (secondary N) is 2. The number of nitrogens with zero attached hydrogens (tertiary/aromatic N) is 3. The Morgan fingerprint density at radius 3 is 2.48 bits per heavy atom. The number of carbonyl (C=O) groups is 2. The molecule has 1 atom stereocenters. The van der Waals surface area contributed by atoms with E-state index < -0.39 is 17.0 Å². The number of benzene rings is 1. The van der Waals surface area contributed by atoms with Gasteiger partial charge in [-0.05, 0) is 56.9 Å². The smallest absolute Gasteiger partial charge is 0.269 e. The van der Waals surface area contributed by atoms with E-state index >= 15 is 0 Å². The van der Waals surface area contributed by atoms with Crippen LogP contribution in [-0.4, -0.2) is 31.8 Å². The number of aromatic nitrogens is 3. The van der Waals surface area contributed by atoms with Gasteiger partial charge in [0, 0.05) is 17.5 Å². The Hall–Kier alpha value is -2.42. The van der Waals surface area contributed by atoms with Crippen molar-refractivity contribution in [2.24, 2.45) is 0 Å². The van der Waals surface area contributed by atoms with Gasteiger partial charge < -0.3 is 4.57 Å². The van der Waals surface area contributed by atoms with Gasteiger partial charge in [-0.2, -0.15) is 0 Å². The van der Waals surface area contributed by atoms with Crippen LogP contribution in [-0.2, 0) is 4.79 Å². The van der Waals surface area contributed by atoms with Crippen molar-refractivity contribution in [3.8, 4) is 0 Å². The molecule has 2 aliphatic rings. The summed E-state index contributed by atoms with van der Waals surface area (Å²) in [6.45, 7) is 1.76. The molecular formula is C18H20FN5O2S. The maximum atomic E-state index is 12.9. The predicted octanol–water partition coefficient (Wildman–Crippen LogP) is 2.57. The summed E-state index contributed by atoms with van der Waals surface area (Å²) in [6.07, 6.45) is 4.56. The molecule has 0 unspecified atom stereocenters. The van der Waals surface area contributed by atoms with Crippen molar-refractivity contribution in [3.63, 3.8) is 0 Å². The van der Waals surface area contributed by atoms with Crippen LogP contribution in [0.1, 0.15) is 60.7 Å². The van der Waals surface area contributed by atoms with E-state index in [1.807, 2.05) is 0 Å². The number of hydrogen-bond donors (Lipinski definition) is 2. The lowest BCUT2D eigenvalue weighted by Gasteiger charge is -2.13. The molecule has 142 valence electrons. The van der Waals surface area contributed by atoms with Crippen LogP contribution in [0.4, 0.5) is 4.39 Å². The molecule has 0 saturated heterocycles. The van der Waals surface area contributed by atoms with Crippen molar-refractivity contribution in [2.75, 3.05) is 0 Å². The van der Waals surface area contributed by atoms with Gasteiger partial charge in [0.15, 0.2) is 5.16 Å². The van der Waals surface area contributed by atoms with Crippen LogP contribution in [0.2, 0.25) is 0 Å². The van der Waals surface area contributed by atoms with Gasteiger partial charge >= 0.3 is 0 Å². The molecule has 7 nitrogen and oxygen atoms in total. The zero-order valence-corrected chi connectivity index (χ0v) is 15.6. The van der Waals surface area contributed by atoms with E-state index in [4.69, 9.17) is 0 Å². The zero-order chi connectivity index (χ0) is 19.0. The first kappa shape index (κ1) is 18.0. The molecular weight excluding hydrogens is 369 g/mol. The number of halogens is 1. The molecule has 2 amide bonds. The molecule has 2 saturated carbocycles. The molecule has 2 fully saturated rings. The normalized spacial score (nSPS) is 17.4. The number of hydrazine groups is 1. The molecule has 1 aromatic heterocycles. The highest BCUT2D eigenvalue weighted by atomic mass is 32.2.